The Morgan fingerprint density at radius 3 is 1.91 bits per heavy atom. The van der Waals surface area contributed by atoms with E-state index in [1.807, 2.05) is 0 Å². The molecule has 1 N–H and O–H groups in total. The van der Waals surface area contributed by atoms with E-state index in [4.69, 9.17) is 23.4 Å². The number of esters is 3. The number of carbonyl (C=O) groups is 5. The van der Waals surface area contributed by atoms with Gasteiger partial charge in [-0.05, 0) is 95.2 Å². The molecule has 12 nitrogen and oxygen atoms in total. The van der Waals surface area contributed by atoms with Crippen molar-refractivity contribution in [3.63, 3.8) is 0 Å². The maximum atomic E-state index is 13.6. The minimum absolute atomic E-state index is 0.139. The lowest BCUT2D eigenvalue weighted by Gasteiger charge is -2.46. The fraction of sp³-hybridized carbons (Fsp3) is 0.719. The number of nitrogens with one attached hydrogen (secondary N) is 1. The number of ether oxygens (including phenoxy) is 4. The van der Waals surface area contributed by atoms with Crippen LogP contribution in [-0.2, 0) is 42.9 Å². The number of hydrogen-bond acceptors (Lipinski definition) is 10. The Labute approximate surface area is 260 Å². The van der Waals surface area contributed by atoms with E-state index in [1.165, 1.54) is 6.26 Å². The predicted molar refractivity (Wildman–Crippen MR) is 160 cm³/mol. The zero-order chi connectivity index (χ0) is 33.8. The first-order valence-corrected chi connectivity index (χ1v) is 14.8. The number of hydrogen-bond donors (Lipinski definition) is 1. The fourth-order valence-corrected chi connectivity index (χ4v) is 4.13. The lowest BCUT2D eigenvalue weighted by molar-refractivity contribution is -0.242. The quantitative estimate of drug-likeness (QED) is 0.241. The Balaban J connectivity index is 2.68. The first kappa shape index (κ1) is 36.8. The van der Waals surface area contributed by atoms with Crippen LogP contribution in [0.5, 0.6) is 0 Å². The summed E-state index contributed by atoms with van der Waals surface area (Å²) in [5.74, 6) is -3.13. The second kappa shape index (κ2) is 13.7. The summed E-state index contributed by atoms with van der Waals surface area (Å²) in [6.45, 7) is 19.9. The molecular formula is C32H50N2O10. The average molecular weight is 623 g/mol. The van der Waals surface area contributed by atoms with Gasteiger partial charge in [0, 0.05) is 5.54 Å². The molecule has 2 heterocycles. The van der Waals surface area contributed by atoms with Crippen LogP contribution in [0, 0.1) is 22.2 Å². The predicted octanol–water partition coefficient (Wildman–Crippen LogP) is 4.17. The van der Waals surface area contributed by atoms with Gasteiger partial charge >= 0.3 is 17.9 Å². The summed E-state index contributed by atoms with van der Waals surface area (Å²) in [5.41, 5.74) is -3.39. The molecule has 2 rings (SSSR count). The van der Waals surface area contributed by atoms with Gasteiger partial charge in [-0.1, -0.05) is 0 Å². The number of carbonyl (C=O) groups excluding carboxylic acids is 5. The molecule has 1 aromatic heterocycles. The van der Waals surface area contributed by atoms with Gasteiger partial charge in [0.25, 0.3) is 5.91 Å². The summed E-state index contributed by atoms with van der Waals surface area (Å²) in [4.78, 5) is 66.7. The van der Waals surface area contributed by atoms with Gasteiger partial charge in [-0.3, -0.25) is 28.9 Å². The van der Waals surface area contributed by atoms with Crippen molar-refractivity contribution in [3.8, 4) is 0 Å². The SMILES string of the molecule is CC(C)(C)NC(=O)[C@H](c1ccco1)N(C=O)[C@H]1OC[C@@H](OC(=O)C(C)(C)C)[C@@H](COC(=O)C(C)(C)C)[C@@H]1OC(=O)C(C)(C)C. The van der Waals surface area contributed by atoms with Crippen molar-refractivity contribution in [1.82, 2.24) is 10.2 Å². The molecule has 1 aromatic rings. The summed E-state index contributed by atoms with van der Waals surface area (Å²) in [6, 6.07) is 1.79. The van der Waals surface area contributed by atoms with Crippen LogP contribution in [0.4, 0.5) is 0 Å². The highest BCUT2D eigenvalue weighted by atomic mass is 16.6. The van der Waals surface area contributed by atoms with Crippen molar-refractivity contribution in [2.75, 3.05) is 13.2 Å². The highest BCUT2D eigenvalue weighted by Crippen LogP contribution is 2.36. The molecular weight excluding hydrogens is 572 g/mol. The topological polar surface area (TPSA) is 151 Å². The molecule has 248 valence electrons. The minimum Gasteiger partial charge on any atom is -0.467 e. The van der Waals surface area contributed by atoms with Crippen molar-refractivity contribution in [1.29, 1.82) is 0 Å². The number of furan rings is 1. The van der Waals surface area contributed by atoms with Gasteiger partial charge in [0.2, 0.25) is 6.41 Å². The van der Waals surface area contributed by atoms with Crippen LogP contribution in [-0.4, -0.2) is 72.3 Å². The monoisotopic (exact) mass is 622 g/mol. The molecule has 44 heavy (non-hydrogen) atoms. The summed E-state index contributed by atoms with van der Waals surface area (Å²) >= 11 is 0. The van der Waals surface area contributed by atoms with E-state index in [-0.39, 0.29) is 19.0 Å². The number of nitrogens with zero attached hydrogens (tertiary/aromatic N) is 1. The van der Waals surface area contributed by atoms with Crippen LogP contribution in [0.1, 0.15) is 94.9 Å². The summed E-state index contributed by atoms with van der Waals surface area (Å²) < 4.78 is 29.2. The van der Waals surface area contributed by atoms with Gasteiger partial charge in [-0.15, -0.1) is 0 Å². The van der Waals surface area contributed by atoms with Crippen LogP contribution in [0.15, 0.2) is 22.8 Å². The first-order valence-electron chi connectivity index (χ1n) is 14.8. The Bertz CT molecular complexity index is 1170. The molecule has 0 aromatic carbocycles. The van der Waals surface area contributed by atoms with Crippen molar-refractivity contribution in [2.24, 2.45) is 22.2 Å². The molecule has 0 spiro atoms. The van der Waals surface area contributed by atoms with Crippen molar-refractivity contribution in [3.05, 3.63) is 24.2 Å². The minimum atomic E-state index is -1.36. The molecule has 1 fully saturated rings. The van der Waals surface area contributed by atoms with Crippen molar-refractivity contribution in [2.45, 2.75) is 113 Å². The molecule has 1 aliphatic heterocycles. The summed E-state index contributed by atoms with van der Waals surface area (Å²) in [5, 5.41) is 2.86. The molecule has 0 aliphatic carbocycles. The molecule has 0 unspecified atom stereocenters. The zero-order valence-corrected chi connectivity index (χ0v) is 28.1. The normalized spacial score (nSPS) is 21.9. The van der Waals surface area contributed by atoms with Crippen molar-refractivity contribution >= 4 is 30.2 Å². The van der Waals surface area contributed by atoms with Crippen LogP contribution in [0.2, 0.25) is 0 Å². The lowest BCUT2D eigenvalue weighted by Crippen LogP contribution is -2.62. The molecule has 0 saturated carbocycles. The average Bonchev–Trinajstić information content (AvgIpc) is 3.38. The van der Waals surface area contributed by atoms with Crippen LogP contribution in [0.25, 0.3) is 0 Å². The molecule has 1 saturated heterocycles. The third kappa shape index (κ3) is 9.80. The number of amides is 2. The van der Waals surface area contributed by atoms with Crippen LogP contribution < -0.4 is 5.32 Å². The van der Waals surface area contributed by atoms with E-state index < -0.39 is 76.0 Å². The van der Waals surface area contributed by atoms with Gasteiger partial charge in [0.05, 0.1) is 35.0 Å². The smallest absolute Gasteiger partial charge is 0.311 e. The fourth-order valence-electron chi connectivity index (χ4n) is 4.13. The molecule has 0 radical (unpaired) electrons. The van der Waals surface area contributed by atoms with Gasteiger partial charge in [0.15, 0.2) is 18.4 Å². The Hall–Kier alpha value is -3.41. The third-order valence-electron chi connectivity index (χ3n) is 6.63. The van der Waals surface area contributed by atoms with Gasteiger partial charge in [0.1, 0.15) is 18.5 Å². The Morgan fingerprint density at radius 1 is 0.909 bits per heavy atom. The van der Waals surface area contributed by atoms with E-state index >= 15 is 0 Å². The molecule has 5 atom stereocenters. The Kier molecular flexibility index (Phi) is 11.5. The van der Waals surface area contributed by atoms with E-state index in [0.717, 1.165) is 4.90 Å². The Morgan fingerprint density at radius 2 is 1.45 bits per heavy atom. The molecule has 12 heteroatoms. The van der Waals surface area contributed by atoms with E-state index in [9.17, 15) is 24.0 Å². The van der Waals surface area contributed by atoms with Gasteiger partial charge in [-0.25, -0.2) is 0 Å². The largest absolute Gasteiger partial charge is 0.467 e. The van der Waals surface area contributed by atoms with E-state index in [0.29, 0.717) is 6.41 Å². The second-order valence-electron chi connectivity index (χ2n) is 15.3. The maximum Gasteiger partial charge on any atom is 0.311 e. The summed E-state index contributed by atoms with van der Waals surface area (Å²) in [6.07, 6.45) is -1.93. The highest BCUT2D eigenvalue weighted by Gasteiger charge is 2.52. The van der Waals surface area contributed by atoms with E-state index in [2.05, 4.69) is 5.32 Å². The van der Waals surface area contributed by atoms with Crippen molar-refractivity contribution < 1.29 is 47.3 Å². The van der Waals surface area contributed by atoms with Gasteiger partial charge in [-0.2, -0.15) is 0 Å². The summed E-state index contributed by atoms with van der Waals surface area (Å²) in [7, 11) is 0. The highest BCUT2D eigenvalue weighted by molar-refractivity contribution is 5.85. The molecule has 1 aliphatic rings. The van der Waals surface area contributed by atoms with E-state index in [1.54, 1.807) is 95.2 Å². The number of rotatable bonds is 9. The van der Waals surface area contributed by atoms with Crippen LogP contribution >= 0.6 is 0 Å². The zero-order valence-electron chi connectivity index (χ0n) is 28.1. The van der Waals surface area contributed by atoms with Crippen LogP contribution in [0.3, 0.4) is 0 Å². The second-order valence-corrected chi connectivity index (χ2v) is 15.3. The van der Waals surface area contributed by atoms with Gasteiger partial charge < -0.3 is 28.7 Å². The molecule has 2 amide bonds. The lowest BCUT2D eigenvalue weighted by atomic mass is 9.89. The first-order chi connectivity index (χ1) is 20.0. The standard InChI is InChI=1S/C32H50N2O10/c1-29(2,3)26(37)42-16-19-21(43-27(38)30(4,5)6)17-41-25(23(19)44-28(39)31(7,8)9)34(18-35)22(20-14-13-15-40-20)24(36)33-32(10,11)12/h13-15,18-19,21-23,25H,16-17H2,1-12H3,(H,33,36)/t19-,21-,22+,23+,25+/m1/s1. The maximum absolute atomic E-state index is 13.6. The molecule has 0 bridgehead atoms. The third-order valence-corrected chi connectivity index (χ3v) is 6.63.